The van der Waals surface area contributed by atoms with Gasteiger partial charge in [0.05, 0.1) is 0 Å². The molecule has 0 fully saturated rings. The quantitative estimate of drug-likeness (QED) is 0.735. The summed E-state index contributed by atoms with van der Waals surface area (Å²) in [4.78, 5) is 0. The Morgan fingerprint density at radius 1 is 1.07 bits per heavy atom. The molecule has 78 valence electrons. The number of nitrogens with two attached hydrogens (primary N) is 1. The maximum atomic E-state index is 13.2. The van der Waals surface area contributed by atoms with Crippen molar-refractivity contribution in [2.24, 2.45) is 11.7 Å². The lowest BCUT2D eigenvalue weighted by Crippen LogP contribution is -2.20. The summed E-state index contributed by atoms with van der Waals surface area (Å²) in [6.07, 6.45) is 0. The molecule has 1 rings (SSSR count). The first-order valence-corrected chi connectivity index (χ1v) is 4.34. The van der Waals surface area contributed by atoms with Crippen molar-refractivity contribution in [3.05, 3.63) is 35.1 Å². The average Bonchev–Trinajstić information content (AvgIpc) is 2.12. The molecule has 0 aliphatic rings. The minimum absolute atomic E-state index is 0.152. The van der Waals surface area contributed by atoms with E-state index in [9.17, 15) is 13.2 Å². The first kappa shape index (κ1) is 11.0. The number of benzene rings is 1. The molecule has 0 saturated carbocycles. The minimum Gasteiger partial charge on any atom is -0.324 e. The van der Waals surface area contributed by atoms with Crippen LogP contribution in [-0.2, 0) is 0 Å². The molecule has 0 radical (unpaired) electrons. The SMILES string of the molecule is CC(C)[C@H](N)c1c(F)ccc(F)c1F. The van der Waals surface area contributed by atoms with Crippen molar-refractivity contribution in [3.63, 3.8) is 0 Å². The second-order valence-electron chi connectivity index (χ2n) is 3.53. The fraction of sp³-hybridized carbons (Fsp3) is 0.400. The van der Waals surface area contributed by atoms with Gasteiger partial charge in [0.1, 0.15) is 5.82 Å². The normalized spacial score (nSPS) is 13.4. The van der Waals surface area contributed by atoms with E-state index in [-0.39, 0.29) is 11.5 Å². The zero-order chi connectivity index (χ0) is 10.9. The molecule has 0 spiro atoms. The Bertz CT molecular complexity index is 336. The van der Waals surface area contributed by atoms with Crippen LogP contribution >= 0.6 is 0 Å². The number of rotatable bonds is 2. The van der Waals surface area contributed by atoms with Gasteiger partial charge in [-0.2, -0.15) is 0 Å². The Morgan fingerprint density at radius 3 is 2.07 bits per heavy atom. The predicted octanol–water partition coefficient (Wildman–Crippen LogP) is 2.76. The van der Waals surface area contributed by atoms with Crippen molar-refractivity contribution < 1.29 is 13.2 Å². The topological polar surface area (TPSA) is 26.0 Å². The molecule has 0 aromatic heterocycles. The Balaban J connectivity index is 3.25. The third kappa shape index (κ3) is 1.90. The van der Waals surface area contributed by atoms with E-state index in [1.165, 1.54) is 0 Å². The molecule has 2 N–H and O–H groups in total. The smallest absolute Gasteiger partial charge is 0.166 e. The molecule has 1 nitrogen and oxygen atoms in total. The van der Waals surface area contributed by atoms with Crippen LogP contribution in [0.2, 0.25) is 0 Å². The summed E-state index contributed by atoms with van der Waals surface area (Å²) >= 11 is 0. The van der Waals surface area contributed by atoms with Gasteiger partial charge < -0.3 is 5.73 Å². The molecule has 0 bridgehead atoms. The van der Waals surface area contributed by atoms with E-state index in [1.807, 2.05) is 0 Å². The second-order valence-corrected chi connectivity index (χ2v) is 3.53. The summed E-state index contributed by atoms with van der Waals surface area (Å²) in [5.74, 6) is -3.21. The number of hydrogen-bond donors (Lipinski definition) is 1. The largest absolute Gasteiger partial charge is 0.324 e. The molecule has 4 heteroatoms. The third-order valence-corrected chi connectivity index (χ3v) is 2.13. The summed E-state index contributed by atoms with van der Waals surface area (Å²) < 4.78 is 39.1. The average molecular weight is 203 g/mol. The predicted molar refractivity (Wildman–Crippen MR) is 48.1 cm³/mol. The van der Waals surface area contributed by atoms with E-state index in [0.29, 0.717) is 0 Å². The van der Waals surface area contributed by atoms with E-state index in [1.54, 1.807) is 13.8 Å². The van der Waals surface area contributed by atoms with Crippen molar-refractivity contribution >= 4 is 0 Å². The highest BCUT2D eigenvalue weighted by Crippen LogP contribution is 2.25. The fourth-order valence-electron chi connectivity index (χ4n) is 1.18. The van der Waals surface area contributed by atoms with E-state index in [0.717, 1.165) is 12.1 Å². The van der Waals surface area contributed by atoms with E-state index in [4.69, 9.17) is 5.73 Å². The fourth-order valence-corrected chi connectivity index (χ4v) is 1.18. The van der Waals surface area contributed by atoms with Crippen LogP contribution in [-0.4, -0.2) is 0 Å². The van der Waals surface area contributed by atoms with Crippen LogP contribution < -0.4 is 5.73 Å². The van der Waals surface area contributed by atoms with Crippen LogP contribution in [0.15, 0.2) is 12.1 Å². The standard InChI is InChI=1S/C10H12F3N/c1-5(2)10(14)8-6(11)3-4-7(12)9(8)13/h3-5,10H,14H2,1-2H3/t10-/m0/s1. The molecule has 0 aliphatic carbocycles. The summed E-state index contributed by atoms with van der Waals surface area (Å²) in [5, 5.41) is 0. The third-order valence-electron chi connectivity index (χ3n) is 2.13. The Hall–Kier alpha value is -1.03. The second kappa shape index (κ2) is 4.00. The Labute approximate surface area is 80.7 Å². The van der Waals surface area contributed by atoms with Crippen molar-refractivity contribution in [1.29, 1.82) is 0 Å². The zero-order valence-corrected chi connectivity index (χ0v) is 8.02. The molecule has 0 amide bonds. The van der Waals surface area contributed by atoms with Crippen molar-refractivity contribution in [2.45, 2.75) is 19.9 Å². The molecular formula is C10H12F3N. The number of hydrogen-bond acceptors (Lipinski definition) is 1. The molecular weight excluding hydrogens is 191 g/mol. The van der Waals surface area contributed by atoms with Gasteiger partial charge in [-0.1, -0.05) is 13.8 Å². The van der Waals surface area contributed by atoms with Crippen LogP contribution in [0.25, 0.3) is 0 Å². The lowest BCUT2D eigenvalue weighted by molar-refractivity contribution is 0.427. The van der Waals surface area contributed by atoms with Crippen molar-refractivity contribution in [2.75, 3.05) is 0 Å². The summed E-state index contributed by atoms with van der Waals surface area (Å²) in [6, 6.07) is 0.808. The number of halogens is 3. The molecule has 1 aromatic carbocycles. The lowest BCUT2D eigenvalue weighted by atomic mass is 9.96. The monoisotopic (exact) mass is 203 g/mol. The molecule has 0 aliphatic heterocycles. The van der Waals surface area contributed by atoms with Gasteiger partial charge in [-0.25, -0.2) is 13.2 Å². The summed E-state index contributed by atoms with van der Waals surface area (Å²) in [6.45, 7) is 3.43. The van der Waals surface area contributed by atoms with Gasteiger partial charge in [0, 0.05) is 11.6 Å². The van der Waals surface area contributed by atoms with Gasteiger partial charge >= 0.3 is 0 Å². The van der Waals surface area contributed by atoms with Gasteiger partial charge in [0.25, 0.3) is 0 Å². The maximum absolute atomic E-state index is 13.2. The molecule has 0 heterocycles. The van der Waals surface area contributed by atoms with Crippen molar-refractivity contribution in [3.8, 4) is 0 Å². The van der Waals surface area contributed by atoms with E-state index in [2.05, 4.69) is 0 Å². The zero-order valence-electron chi connectivity index (χ0n) is 8.02. The molecule has 14 heavy (non-hydrogen) atoms. The van der Waals surface area contributed by atoms with Gasteiger partial charge in [-0.3, -0.25) is 0 Å². The molecule has 0 saturated heterocycles. The Kier molecular flexibility index (Phi) is 3.16. The highest BCUT2D eigenvalue weighted by molar-refractivity contribution is 5.24. The lowest BCUT2D eigenvalue weighted by Gasteiger charge is -2.17. The van der Waals surface area contributed by atoms with Crippen LogP contribution in [0.4, 0.5) is 13.2 Å². The summed E-state index contributed by atoms with van der Waals surface area (Å²) in [7, 11) is 0. The first-order valence-electron chi connectivity index (χ1n) is 4.34. The van der Waals surface area contributed by atoms with Crippen molar-refractivity contribution in [1.82, 2.24) is 0 Å². The molecule has 0 unspecified atom stereocenters. The summed E-state index contributed by atoms with van der Waals surface area (Å²) in [5.41, 5.74) is 5.19. The van der Waals surface area contributed by atoms with Crippen LogP contribution in [0, 0.1) is 23.4 Å². The van der Waals surface area contributed by atoms with Gasteiger partial charge in [-0.05, 0) is 18.1 Å². The van der Waals surface area contributed by atoms with E-state index < -0.39 is 23.5 Å². The highest BCUT2D eigenvalue weighted by atomic mass is 19.2. The van der Waals surface area contributed by atoms with Gasteiger partial charge in [0.2, 0.25) is 0 Å². The Morgan fingerprint density at radius 2 is 1.57 bits per heavy atom. The van der Waals surface area contributed by atoms with Gasteiger partial charge in [0.15, 0.2) is 11.6 Å². The highest BCUT2D eigenvalue weighted by Gasteiger charge is 2.21. The van der Waals surface area contributed by atoms with Gasteiger partial charge in [-0.15, -0.1) is 0 Å². The molecule has 1 aromatic rings. The first-order chi connectivity index (χ1) is 6.45. The van der Waals surface area contributed by atoms with Crippen LogP contribution in [0.5, 0.6) is 0 Å². The van der Waals surface area contributed by atoms with E-state index >= 15 is 0 Å². The maximum Gasteiger partial charge on any atom is 0.166 e. The van der Waals surface area contributed by atoms with Crippen LogP contribution in [0.3, 0.4) is 0 Å². The molecule has 1 atom stereocenters. The minimum atomic E-state index is -1.19. The van der Waals surface area contributed by atoms with Crippen LogP contribution in [0.1, 0.15) is 25.5 Å².